The Balaban J connectivity index is 2.37. The molecule has 0 aromatic heterocycles. The van der Waals surface area contributed by atoms with Crippen molar-refractivity contribution in [2.24, 2.45) is 4.99 Å². The number of aliphatic imine (C=N–C) groups is 1. The number of phosphoric ester groups is 1. The molecule has 126 valence electrons. The van der Waals surface area contributed by atoms with E-state index in [0.717, 1.165) is 0 Å². The predicted octanol–water partition coefficient (Wildman–Crippen LogP) is 3.65. The van der Waals surface area contributed by atoms with E-state index in [-0.39, 0.29) is 31.6 Å². The number of nitrogens with zero attached hydrogens (tertiary/aromatic N) is 2. The molecule has 23 heavy (non-hydrogen) atoms. The van der Waals surface area contributed by atoms with Crippen LogP contribution in [0.15, 0.2) is 23.2 Å². The maximum atomic E-state index is 12.5. The van der Waals surface area contributed by atoms with E-state index < -0.39 is 7.82 Å². The first-order valence-corrected chi connectivity index (χ1v) is 8.93. The molecule has 0 atom stereocenters. The van der Waals surface area contributed by atoms with E-state index in [1.807, 2.05) is 0 Å². The SMILES string of the molecule is CCOP(=O)(OCC)OC1=Nc2ccc(Cl)cc2C(=O)N(C)C1. The predicted molar refractivity (Wildman–Crippen MR) is 87.5 cm³/mol. The van der Waals surface area contributed by atoms with Crippen LogP contribution >= 0.6 is 19.4 Å². The van der Waals surface area contributed by atoms with Crippen molar-refractivity contribution in [3.8, 4) is 0 Å². The highest BCUT2D eigenvalue weighted by Crippen LogP contribution is 2.50. The summed E-state index contributed by atoms with van der Waals surface area (Å²) in [5, 5.41) is 0.430. The van der Waals surface area contributed by atoms with Gasteiger partial charge in [-0.3, -0.25) is 13.8 Å². The lowest BCUT2D eigenvalue weighted by Gasteiger charge is -2.20. The molecular weight excluding hydrogens is 343 g/mol. The molecule has 0 saturated carbocycles. The second kappa shape index (κ2) is 7.45. The van der Waals surface area contributed by atoms with Gasteiger partial charge < -0.3 is 9.42 Å². The number of carbonyl (C=O) groups is 1. The van der Waals surface area contributed by atoms with Gasteiger partial charge in [0.2, 0.25) is 5.90 Å². The number of hydrogen-bond donors (Lipinski definition) is 0. The molecule has 0 unspecified atom stereocenters. The van der Waals surface area contributed by atoms with Crippen molar-refractivity contribution >= 4 is 36.9 Å². The Morgan fingerprint density at radius 2 is 1.96 bits per heavy atom. The Morgan fingerprint density at radius 3 is 2.57 bits per heavy atom. The largest absolute Gasteiger partial charge is 0.531 e. The highest BCUT2D eigenvalue weighted by atomic mass is 35.5. The number of benzene rings is 1. The summed E-state index contributed by atoms with van der Waals surface area (Å²) >= 11 is 5.93. The lowest BCUT2D eigenvalue weighted by atomic mass is 10.1. The highest BCUT2D eigenvalue weighted by molar-refractivity contribution is 7.49. The van der Waals surface area contributed by atoms with Gasteiger partial charge >= 0.3 is 7.82 Å². The summed E-state index contributed by atoms with van der Waals surface area (Å²) in [6.07, 6.45) is 0. The number of halogens is 1. The number of amides is 1. The molecule has 1 aliphatic rings. The quantitative estimate of drug-likeness (QED) is 0.749. The maximum absolute atomic E-state index is 12.5. The van der Waals surface area contributed by atoms with E-state index in [4.69, 9.17) is 25.2 Å². The molecule has 0 fully saturated rings. The normalized spacial score (nSPS) is 15.0. The summed E-state index contributed by atoms with van der Waals surface area (Å²) < 4.78 is 28.0. The standard InChI is InChI=1S/C14H18ClN2O5P/c1-4-20-23(19,21-5-2)22-13-9-17(3)14(18)11-8-10(15)6-7-12(11)16-13/h6-8H,4-5,9H2,1-3H3. The third kappa shape index (κ3) is 4.32. The Kier molecular flexibility index (Phi) is 5.81. The van der Waals surface area contributed by atoms with Gasteiger partial charge in [-0.05, 0) is 32.0 Å². The van der Waals surface area contributed by atoms with E-state index in [1.54, 1.807) is 33.0 Å². The minimum Gasteiger partial charge on any atom is -0.388 e. The molecule has 1 aliphatic heterocycles. The van der Waals surface area contributed by atoms with E-state index in [0.29, 0.717) is 16.3 Å². The smallest absolute Gasteiger partial charge is 0.388 e. The van der Waals surface area contributed by atoms with Crippen molar-refractivity contribution in [2.75, 3.05) is 26.8 Å². The summed E-state index contributed by atoms with van der Waals surface area (Å²) in [6, 6.07) is 4.75. The average molecular weight is 361 g/mol. The second-order valence-electron chi connectivity index (χ2n) is 4.70. The van der Waals surface area contributed by atoms with Crippen molar-refractivity contribution in [1.29, 1.82) is 0 Å². The third-order valence-electron chi connectivity index (χ3n) is 2.94. The lowest BCUT2D eigenvalue weighted by molar-refractivity contribution is 0.0810. The van der Waals surface area contributed by atoms with Crippen molar-refractivity contribution in [1.82, 2.24) is 4.90 Å². The minimum absolute atomic E-state index is 0.0370. The molecule has 9 heteroatoms. The fourth-order valence-corrected chi connectivity index (χ4v) is 3.35. The Hall–Kier alpha value is -1.40. The van der Waals surface area contributed by atoms with E-state index in [1.165, 1.54) is 11.0 Å². The second-order valence-corrected chi connectivity index (χ2v) is 6.73. The molecule has 0 spiro atoms. The summed E-state index contributed by atoms with van der Waals surface area (Å²) in [6.45, 7) is 3.71. The number of likely N-dealkylation sites (N-methyl/N-ethyl adjacent to an activating group) is 1. The van der Waals surface area contributed by atoms with Gasteiger partial charge in [-0.15, -0.1) is 0 Å². The molecule has 7 nitrogen and oxygen atoms in total. The summed E-state index contributed by atoms with van der Waals surface area (Å²) in [7, 11) is -2.18. The van der Waals surface area contributed by atoms with Crippen LogP contribution in [0.4, 0.5) is 5.69 Å². The van der Waals surface area contributed by atoms with Gasteiger partial charge in [-0.1, -0.05) is 11.6 Å². The van der Waals surface area contributed by atoms with Crippen LogP contribution in [0.2, 0.25) is 5.02 Å². The van der Waals surface area contributed by atoms with E-state index >= 15 is 0 Å². The van der Waals surface area contributed by atoms with Gasteiger partial charge in [0.1, 0.15) is 0 Å². The number of phosphoric acid groups is 1. The fourth-order valence-electron chi connectivity index (χ4n) is 2.01. The number of hydrogen-bond acceptors (Lipinski definition) is 6. The molecule has 1 aromatic rings. The number of rotatable bonds is 5. The van der Waals surface area contributed by atoms with Gasteiger partial charge in [0.05, 0.1) is 31.0 Å². The van der Waals surface area contributed by atoms with Gasteiger partial charge in [-0.2, -0.15) is 0 Å². The van der Waals surface area contributed by atoms with Crippen molar-refractivity contribution in [3.05, 3.63) is 28.8 Å². The third-order valence-corrected chi connectivity index (χ3v) is 4.76. The fraction of sp³-hybridized carbons (Fsp3) is 0.429. The van der Waals surface area contributed by atoms with Gasteiger partial charge in [0.25, 0.3) is 5.91 Å². The molecule has 0 aliphatic carbocycles. The number of carbonyl (C=O) groups excluding carboxylic acids is 1. The molecule has 1 aromatic carbocycles. The number of fused-ring (bicyclic) bond motifs is 1. The Morgan fingerprint density at radius 1 is 1.30 bits per heavy atom. The van der Waals surface area contributed by atoms with E-state index in [9.17, 15) is 9.36 Å². The Labute approximate surface area is 139 Å². The maximum Gasteiger partial charge on any atom is 0.531 e. The van der Waals surface area contributed by atoms with Crippen LogP contribution in [-0.4, -0.2) is 43.5 Å². The van der Waals surface area contributed by atoms with Crippen molar-refractivity contribution < 1.29 is 22.9 Å². The van der Waals surface area contributed by atoms with Crippen LogP contribution in [0.1, 0.15) is 24.2 Å². The monoisotopic (exact) mass is 360 g/mol. The summed E-state index contributed by atoms with van der Waals surface area (Å²) in [5.74, 6) is -0.181. The molecule has 0 radical (unpaired) electrons. The van der Waals surface area contributed by atoms with Crippen LogP contribution < -0.4 is 0 Å². The first-order valence-electron chi connectivity index (χ1n) is 7.09. The van der Waals surface area contributed by atoms with Gasteiger partial charge in [0, 0.05) is 12.1 Å². The zero-order chi connectivity index (χ0) is 17.0. The first-order chi connectivity index (χ1) is 10.9. The van der Waals surface area contributed by atoms with Gasteiger partial charge in [0.15, 0.2) is 0 Å². The molecule has 1 heterocycles. The topological polar surface area (TPSA) is 77.4 Å². The average Bonchev–Trinajstić information content (AvgIpc) is 2.58. The van der Waals surface area contributed by atoms with Crippen LogP contribution in [-0.2, 0) is 18.1 Å². The molecule has 1 amide bonds. The minimum atomic E-state index is -3.77. The Bertz CT molecular complexity index is 669. The van der Waals surface area contributed by atoms with Gasteiger partial charge in [-0.25, -0.2) is 9.56 Å². The summed E-state index contributed by atoms with van der Waals surface area (Å²) in [5.41, 5.74) is 0.736. The van der Waals surface area contributed by atoms with Crippen LogP contribution in [0.5, 0.6) is 0 Å². The molecular formula is C14H18ClN2O5P. The van der Waals surface area contributed by atoms with E-state index in [2.05, 4.69) is 4.99 Å². The molecule has 0 N–H and O–H groups in total. The summed E-state index contributed by atoms with van der Waals surface area (Å²) in [4.78, 5) is 18.0. The molecule has 2 rings (SSSR count). The molecule has 0 bridgehead atoms. The van der Waals surface area contributed by atoms with Crippen molar-refractivity contribution in [3.63, 3.8) is 0 Å². The first kappa shape index (κ1) is 17.9. The zero-order valence-corrected chi connectivity index (χ0v) is 14.8. The van der Waals surface area contributed by atoms with Crippen LogP contribution in [0, 0.1) is 0 Å². The molecule has 0 saturated heterocycles. The highest BCUT2D eigenvalue weighted by Gasteiger charge is 2.32. The zero-order valence-electron chi connectivity index (χ0n) is 13.1. The van der Waals surface area contributed by atoms with Crippen molar-refractivity contribution in [2.45, 2.75) is 13.8 Å². The van der Waals surface area contributed by atoms with Crippen LogP contribution in [0.25, 0.3) is 0 Å². The van der Waals surface area contributed by atoms with Crippen LogP contribution in [0.3, 0.4) is 0 Å². The lowest BCUT2D eigenvalue weighted by Crippen LogP contribution is -2.31.